The fourth-order valence-corrected chi connectivity index (χ4v) is 7.01. The molecule has 0 radical (unpaired) electrons. The van der Waals surface area contributed by atoms with Crippen LogP contribution >= 0.6 is 7.37 Å². The van der Waals surface area contributed by atoms with Crippen LogP contribution in [-0.4, -0.2) is 7.11 Å². The molecule has 0 aromatic heterocycles. The molecule has 3 aromatic carbocycles. The Morgan fingerprint density at radius 1 is 0.844 bits per heavy atom. The van der Waals surface area contributed by atoms with Crippen LogP contribution in [0.25, 0.3) is 0 Å². The molecule has 1 aliphatic heterocycles. The molecule has 3 nitrogen and oxygen atoms in total. The molecule has 1 heterocycles. The Balaban J connectivity index is 2.03. The smallest absolute Gasteiger partial charge is 0.289 e. The number of hydrogen-bond donors (Lipinski definition) is 0. The van der Waals surface area contributed by atoms with E-state index in [4.69, 9.17) is 9.26 Å². The topological polar surface area (TPSA) is 35.5 Å². The van der Waals surface area contributed by atoms with Gasteiger partial charge in [-0.2, -0.15) is 0 Å². The first-order valence-corrected chi connectivity index (χ1v) is 12.8. The van der Waals surface area contributed by atoms with E-state index in [9.17, 15) is 4.57 Å². The summed E-state index contributed by atoms with van der Waals surface area (Å²) in [7, 11) is -1.61. The summed E-state index contributed by atoms with van der Waals surface area (Å²) in [6.07, 6.45) is 0. The molecule has 4 heteroatoms. The van der Waals surface area contributed by atoms with Crippen LogP contribution in [0.5, 0.6) is 11.5 Å². The first kappa shape index (κ1) is 22.7. The largest absolute Gasteiger partial charge is 0.497 e. The van der Waals surface area contributed by atoms with Gasteiger partial charge in [-0.25, -0.2) is 0 Å². The van der Waals surface area contributed by atoms with Crippen molar-refractivity contribution in [1.82, 2.24) is 0 Å². The molecule has 4 rings (SSSR count). The zero-order chi connectivity index (χ0) is 23.3. The molecule has 0 saturated heterocycles. The quantitative estimate of drug-likeness (QED) is 0.392. The average molecular weight is 449 g/mol. The first-order valence-electron chi connectivity index (χ1n) is 11.1. The third kappa shape index (κ3) is 3.88. The zero-order valence-corrected chi connectivity index (χ0v) is 21.0. The highest BCUT2D eigenvalue weighted by Gasteiger charge is 2.49. The summed E-state index contributed by atoms with van der Waals surface area (Å²) in [5.74, 6) is 1.56. The van der Waals surface area contributed by atoms with Crippen LogP contribution in [0.2, 0.25) is 0 Å². The molecule has 0 spiro atoms. The van der Waals surface area contributed by atoms with Crippen LogP contribution in [0.4, 0.5) is 0 Å². The first-order chi connectivity index (χ1) is 14.9. The summed E-state index contributed by atoms with van der Waals surface area (Å²) in [6.45, 7) is 13.2. The predicted molar refractivity (Wildman–Crippen MR) is 133 cm³/mol. The van der Waals surface area contributed by atoms with Crippen LogP contribution < -0.4 is 14.6 Å². The lowest BCUT2D eigenvalue weighted by Gasteiger charge is -2.27. The Morgan fingerprint density at radius 3 is 2.00 bits per heavy atom. The van der Waals surface area contributed by atoms with Crippen LogP contribution in [0.1, 0.15) is 69.5 Å². The molecule has 0 fully saturated rings. The van der Waals surface area contributed by atoms with Gasteiger partial charge < -0.3 is 9.26 Å². The number of fused-ring (bicyclic) bond motifs is 1. The number of benzene rings is 3. The van der Waals surface area contributed by atoms with Gasteiger partial charge in [-0.3, -0.25) is 4.57 Å². The second kappa shape index (κ2) is 7.81. The normalized spacial score (nSPS) is 20.5. The molecule has 1 aliphatic rings. The molecule has 0 N–H and O–H groups in total. The van der Waals surface area contributed by atoms with Crippen molar-refractivity contribution in [2.24, 2.45) is 0 Å². The van der Waals surface area contributed by atoms with Gasteiger partial charge in [0.1, 0.15) is 17.2 Å². The van der Waals surface area contributed by atoms with Crippen LogP contribution in [-0.2, 0) is 15.4 Å². The van der Waals surface area contributed by atoms with Crippen molar-refractivity contribution >= 4 is 12.7 Å². The van der Waals surface area contributed by atoms with E-state index in [0.717, 1.165) is 33.5 Å². The summed E-state index contributed by atoms with van der Waals surface area (Å²) < 4.78 is 26.7. The van der Waals surface area contributed by atoms with Crippen molar-refractivity contribution in [2.75, 3.05) is 7.11 Å². The van der Waals surface area contributed by atoms with E-state index in [1.807, 2.05) is 54.6 Å². The Hall–Kier alpha value is -2.51. The molecular formula is C28H33O3P. The minimum Gasteiger partial charge on any atom is -0.497 e. The third-order valence-electron chi connectivity index (χ3n) is 6.20. The molecule has 0 aliphatic carbocycles. The van der Waals surface area contributed by atoms with Gasteiger partial charge in [-0.05, 0) is 46.2 Å². The van der Waals surface area contributed by atoms with E-state index in [1.165, 1.54) is 5.56 Å². The van der Waals surface area contributed by atoms with E-state index in [-0.39, 0.29) is 16.5 Å². The van der Waals surface area contributed by atoms with Gasteiger partial charge in [0.15, 0.2) is 0 Å². The summed E-state index contributed by atoms with van der Waals surface area (Å²) in [6, 6.07) is 22.0. The fourth-order valence-electron chi connectivity index (χ4n) is 4.32. The number of ether oxygens (including phenoxy) is 1. The SMILES string of the molecule is COc1ccc(C2c3cc(C(C)(C)C)cc(C(C)(C)C)c3OP2(=O)c2ccccc2)cc1. The van der Waals surface area contributed by atoms with Gasteiger partial charge in [0.05, 0.1) is 7.11 Å². The summed E-state index contributed by atoms with van der Waals surface area (Å²) in [5.41, 5.74) is 3.76. The van der Waals surface area contributed by atoms with Crippen molar-refractivity contribution in [1.29, 1.82) is 0 Å². The summed E-state index contributed by atoms with van der Waals surface area (Å²) >= 11 is 0. The van der Waals surface area contributed by atoms with E-state index < -0.39 is 7.37 Å². The van der Waals surface area contributed by atoms with Gasteiger partial charge in [0, 0.05) is 16.4 Å². The van der Waals surface area contributed by atoms with Crippen molar-refractivity contribution in [3.63, 3.8) is 0 Å². The Kier molecular flexibility index (Phi) is 5.54. The van der Waals surface area contributed by atoms with E-state index in [0.29, 0.717) is 0 Å². The highest BCUT2D eigenvalue weighted by molar-refractivity contribution is 7.68. The van der Waals surface area contributed by atoms with Crippen molar-refractivity contribution < 1.29 is 13.8 Å². The maximum absolute atomic E-state index is 14.7. The van der Waals surface area contributed by atoms with Gasteiger partial charge in [-0.1, -0.05) is 84.0 Å². The molecule has 2 atom stereocenters. The van der Waals surface area contributed by atoms with E-state index in [1.54, 1.807) is 7.11 Å². The molecule has 2 unspecified atom stereocenters. The van der Waals surface area contributed by atoms with E-state index in [2.05, 4.69) is 53.7 Å². The zero-order valence-electron chi connectivity index (χ0n) is 20.1. The third-order valence-corrected chi connectivity index (χ3v) is 8.93. The summed E-state index contributed by atoms with van der Waals surface area (Å²) in [4.78, 5) is 0. The molecular weight excluding hydrogens is 415 g/mol. The Labute approximate surface area is 192 Å². The van der Waals surface area contributed by atoms with Gasteiger partial charge >= 0.3 is 0 Å². The van der Waals surface area contributed by atoms with Crippen molar-refractivity contribution in [3.8, 4) is 11.5 Å². The van der Waals surface area contributed by atoms with Crippen LogP contribution in [0.15, 0.2) is 66.7 Å². The average Bonchev–Trinajstić information content (AvgIpc) is 3.05. The van der Waals surface area contributed by atoms with Crippen molar-refractivity contribution in [3.05, 3.63) is 89.0 Å². The van der Waals surface area contributed by atoms with Gasteiger partial charge in [0.2, 0.25) is 0 Å². The lowest BCUT2D eigenvalue weighted by Crippen LogP contribution is -2.17. The van der Waals surface area contributed by atoms with E-state index >= 15 is 0 Å². The molecule has 32 heavy (non-hydrogen) atoms. The van der Waals surface area contributed by atoms with Gasteiger partial charge in [0.25, 0.3) is 7.37 Å². The summed E-state index contributed by atoms with van der Waals surface area (Å²) in [5, 5.41) is 0.745. The second-order valence-corrected chi connectivity index (χ2v) is 13.1. The highest BCUT2D eigenvalue weighted by atomic mass is 31.2. The predicted octanol–water partition coefficient (Wildman–Crippen LogP) is 7.38. The molecule has 168 valence electrons. The molecule has 3 aromatic rings. The Morgan fingerprint density at radius 2 is 1.47 bits per heavy atom. The minimum atomic E-state index is -3.27. The molecule has 0 bridgehead atoms. The monoisotopic (exact) mass is 448 g/mol. The number of methoxy groups -OCH3 is 1. The fraction of sp³-hybridized carbons (Fsp3) is 0.357. The van der Waals surface area contributed by atoms with Gasteiger partial charge in [-0.15, -0.1) is 0 Å². The lowest BCUT2D eigenvalue weighted by atomic mass is 9.78. The molecule has 0 amide bonds. The van der Waals surface area contributed by atoms with Crippen LogP contribution in [0.3, 0.4) is 0 Å². The van der Waals surface area contributed by atoms with Crippen molar-refractivity contribution in [2.45, 2.75) is 58.0 Å². The van der Waals surface area contributed by atoms with Crippen LogP contribution in [0, 0.1) is 0 Å². The maximum Gasteiger partial charge on any atom is 0.289 e. The minimum absolute atomic E-state index is 0.0428. The number of rotatable bonds is 3. The molecule has 0 saturated carbocycles. The number of hydrogen-bond acceptors (Lipinski definition) is 3. The lowest BCUT2D eigenvalue weighted by molar-refractivity contribution is 0.414. The Bertz CT molecular complexity index is 1170. The standard InChI is InChI=1S/C28H33O3P/c1-27(2,3)20-17-23-25(24(18-20)28(4,5)6)31-32(29,22-11-9-8-10-12-22)26(23)19-13-15-21(30-7)16-14-19/h8-18,26H,1-7H3. The maximum atomic E-state index is 14.7. The highest BCUT2D eigenvalue weighted by Crippen LogP contribution is 2.69. The second-order valence-electron chi connectivity index (χ2n) is 10.6.